The van der Waals surface area contributed by atoms with Crippen LogP contribution < -0.4 is 9.80 Å². The molecule has 0 saturated heterocycles. The Hall–Kier alpha value is -8.66. The number of benzene rings is 11. The van der Waals surface area contributed by atoms with Crippen molar-refractivity contribution in [3.63, 3.8) is 0 Å². The second-order valence-electron chi connectivity index (χ2n) is 27.4. The monoisotopic (exact) mass is 1060 g/mol. The van der Waals surface area contributed by atoms with Gasteiger partial charge in [-0.1, -0.05) is 204 Å². The molecule has 1 spiro atoms. The van der Waals surface area contributed by atoms with E-state index >= 15 is 0 Å². The highest BCUT2D eigenvalue weighted by molar-refractivity contribution is 6.23. The number of hydrogen-bond acceptors (Lipinski definition) is 3. The van der Waals surface area contributed by atoms with Gasteiger partial charge >= 0.3 is 0 Å². The second kappa shape index (κ2) is 18.2. The van der Waals surface area contributed by atoms with Crippen molar-refractivity contribution in [3.05, 3.63) is 263 Å². The zero-order chi connectivity index (χ0) is 56.8. The molecule has 0 radical (unpaired) electrons. The van der Waals surface area contributed by atoms with E-state index in [-0.39, 0.29) is 21.7 Å². The van der Waals surface area contributed by atoms with Crippen LogP contribution in [0.25, 0.3) is 65.7 Å². The standard InChI is InChI=1S/C79H72N2O/c1-75(2,3)52-26-35-56(36-27-52)80(57-37-28-53(29-38-57)76(4,5)6)60-34-25-49-44-65-66-48-64-51(46-70(66)79(69(65)45-50(49)43-60)67-22-16-13-19-61(67)62-20-14-17-23-68(62)79)47-71(73-63-21-15-18-24-72(63)82-74(64)73)81(58-39-30-54(31-40-58)77(7,8)9)59-41-32-55(33-42-59)78(10,11)12/h13-48H,1-12H3. The van der Waals surface area contributed by atoms with E-state index < -0.39 is 5.41 Å². The Morgan fingerprint density at radius 2 is 0.720 bits per heavy atom. The molecule has 0 fully saturated rings. The fourth-order valence-corrected chi connectivity index (χ4v) is 13.6. The van der Waals surface area contributed by atoms with E-state index in [9.17, 15) is 0 Å². The Labute approximate surface area is 484 Å². The van der Waals surface area contributed by atoms with E-state index in [1.807, 2.05) is 0 Å². The van der Waals surface area contributed by atoms with E-state index in [0.29, 0.717) is 0 Å². The summed E-state index contributed by atoms with van der Waals surface area (Å²) in [7, 11) is 0. The van der Waals surface area contributed by atoms with Crippen LogP contribution in [0, 0.1) is 0 Å². The first-order chi connectivity index (χ1) is 39.2. The highest BCUT2D eigenvalue weighted by Crippen LogP contribution is 2.64. The third kappa shape index (κ3) is 8.05. The molecule has 0 aliphatic heterocycles. The van der Waals surface area contributed by atoms with Crippen LogP contribution in [0.3, 0.4) is 0 Å². The van der Waals surface area contributed by atoms with E-state index in [4.69, 9.17) is 4.42 Å². The SMILES string of the molecule is CC(C)(C)c1ccc(N(c2ccc(C(C)(C)C)cc2)c2ccc3cc4c(cc3c2)C2(c3ccccc3-c3ccccc32)c2cc3cc(N(c5ccc(C(C)(C)C)cc5)c5ccc(C(C)(C)C)cc5)c5c6ccccc6oc5c3cc2-4)cc1. The van der Waals surface area contributed by atoms with Gasteiger partial charge in [-0.3, -0.25) is 0 Å². The number of para-hydroxylation sites is 1. The van der Waals surface area contributed by atoms with Gasteiger partial charge < -0.3 is 14.2 Å². The first-order valence-electron chi connectivity index (χ1n) is 29.4. The molecule has 0 bridgehead atoms. The summed E-state index contributed by atoms with van der Waals surface area (Å²) in [6.07, 6.45) is 0. The fraction of sp³-hybridized carbons (Fsp3) is 0.215. The molecule has 14 rings (SSSR count). The maximum Gasteiger partial charge on any atom is 0.145 e. The summed E-state index contributed by atoms with van der Waals surface area (Å²) in [5, 5.41) is 6.83. The largest absolute Gasteiger partial charge is 0.455 e. The van der Waals surface area contributed by atoms with Crippen LogP contribution in [-0.4, -0.2) is 0 Å². The molecule has 0 N–H and O–H groups in total. The lowest BCUT2D eigenvalue weighted by Crippen LogP contribution is -2.25. The summed E-state index contributed by atoms with van der Waals surface area (Å²) in [4.78, 5) is 4.90. The summed E-state index contributed by atoms with van der Waals surface area (Å²) >= 11 is 0. The minimum absolute atomic E-state index is 0.00635. The molecule has 12 aromatic rings. The zero-order valence-corrected chi connectivity index (χ0v) is 49.6. The molecule has 3 nitrogen and oxygen atoms in total. The normalized spacial score (nSPS) is 13.7. The van der Waals surface area contributed by atoms with Crippen molar-refractivity contribution in [2.45, 2.75) is 110 Å². The first-order valence-corrected chi connectivity index (χ1v) is 29.4. The van der Waals surface area contributed by atoms with Gasteiger partial charge in [0.2, 0.25) is 0 Å². The van der Waals surface area contributed by atoms with Crippen molar-refractivity contribution in [3.8, 4) is 22.3 Å². The molecular formula is C79H72N2O. The Balaban J connectivity index is 1.03. The summed E-state index contributed by atoms with van der Waals surface area (Å²) in [6, 6.07) is 83.3. The topological polar surface area (TPSA) is 19.6 Å². The number of fused-ring (bicyclic) bond motifs is 16. The summed E-state index contributed by atoms with van der Waals surface area (Å²) in [5.74, 6) is 0. The van der Waals surface area contributed by atoms with Gasteiger partial charge in [0, 0.05) is 39.2 Å². The van der Waals surface area contributed by atoms with Crippen LogP contribution in [-0.2, 0) is 27.1 Å². The van der Waals surface area contributed by atoms with Crippen molar-refractivity contribution >= 4 is 77.6 Å². The van der Waals surface area contributed by atoms with Gasteiger partial charge in [0.1, 0.15) is 11.2 Å². The maximum absolute atomic E-state index is 7.23. The minimum Gasteiger partial charge on any atom is -0.455 e. The molecule has 3 heteroatoms. The van der Waals surface area contributed by atoms with Crippen molar-refractivity contribution < 1.29 is 4.42 Å². The quantitative estimate of drug-likeness (QED) is 0.165. The van der Waals surface area contributed by atoms with Gasteiger partial charge in [-0.25, -0.2) is 0 Å². The lowest BCUT2D eigenvalue weighted by Gasteiger charge is -2.31. The van der Waals surface area contributed by atoms with E-state index in [0.717, 1.165) is 66.8 Å². The van der Waals surface area contributed by atoms with Crippen molar-refractivity contribution in [1.82, 2.24) is 0 Å². The van der Waals surface area contributed by atoms with Crippen LogP contribution in [0.1, 0.15) is 128 Å². The highest BCUT2D eigenvalue weighted by Gasteiger charge is 2.52. The lowest BCUT2D eigenvalue weighted by atomic mass is 9.70. The number of hydrogen-bond donors (Lipinski definition) is 0. The summed E-state index contributed by atoms with van der Waals surface area (Å²) in [5.41, 5.74) is 23.4. The van der Waals surface area contributed by atoms with Crippen LogP contribution >= 0.6 is 0 Å². The Morgan fingerprint density at radius 3 is 1.21 bits per heavy atom. The predicted molar refractivity (Wildman–Crippen MR) is 349 cm³/mol. The molecule has 82 heavy (non-hydrogen) atoms. The zero-order valence-electron chi connectivity index (χ0n) is 49.6. The molecule has 1 heterocycles. The van der Waals surface area contributed by atoms with Gasteiger partial charge in [0.15, 0.2) is 0 Å². The second-order valence-corrected chi connectivity index (χ2v) is 27.4. The van der Waals surface area contributed by atoms with Crippen LogP contribution in [0.2, 0.25) is 0 Å². The Kier molecular flexibility index (Phi) is 11.4. The van der Waals surface area contributed by atoms with E-state index in [1.54, 1.807) is 0 Å². The van der Waals surface area contributed by atoms with Gasteiger partial charge in [0.05, 0.1) is 16.5 Å². The van der Waals surface area contributed by atoms with Gasteiger partial charge in [-0.05, 0) is 202 Å². The third-order valence-corrected chi connectivity index (χ3v) is 18.1. The van der Waals surface area contributed by atoms with E-state index in [2.05, 4.69) is 311 Å². The smallest absolute Gasteiger partial charge is 0.145 e. The third-order valence-electron chi connectivity index (χ3n) is 18.1. The van der Waals surface area contributed by atoms with Crippen molar-refractivity contribution in [2.75, 3.05) is 9.80 Å². The van der Waals surface area contributed by atoms with Crippen LogP contribution in [0.15, 0.2) is 223 Å². The van der Waals surface area contributed by atoms with Gasteiger partial charge in [0.25, 0.3) is 0 Å². The number of nitrogens with zero attached hydrogens (tertiary/aromatic N) is 2. The number of furan rings is 1. The fourth-order valence-electron chi connectivity index (χ4n) is 13.6. The average molecular weight is 1070 g/mol. The Morgan fingerprint density at radius 1 is 0.305 bits per heavy atom. The molecule has 11 aromatic carbocycles. The summed E-state index contributed by atoms with van der Waals surface area (Å²) < 4.78 is 7.23. The first kappa shape index (κ1) is 51.5. The molecular weight excluding hydrogens is 993 g/mol. The molecule has 0 saturated carbocycles. The van der Waals surface area contributed by atoms with Gasteiger partial charge in [-0.2, -0.15) is 0 Å². The molecule has 0 amide bonds. The highest BCUT2D eigenvalue weighted by atomic mass is 16.3. The lowest BCUT2D eigenvalue weighted by molar-refractivity contribution is 0.590. The van der Waals surface area contributed by atoms with E-state index in [1.165, 1.54) is 77.5 Å². The molecule has 2 aliphatic carbocycles. The predicted octanol–water partition coefficient (Wildman–Crippen LogP) is 22.4. The minimum atomic E-state index is -0.601. The number of rotatable bonds is 6. The van der Waals surface area contributed by atoms with Gasteiger partial charge in [-0.15, -0.1) is 0 Å². The van der Waals surface area contributed by atoms with Crippen molar-refractivity contribution in [2.24, 2.45) is 0 Å². The molecule has 2 aliphatic rings. The van der Waals surface area contributed by atoms with Crippen molar-refractivity contribution in [1.29, 1.82) is 0 Å². The number of anilines is 6. The molecule has 0 unspecified atom stereocenters. The van der Waals surface area contributed by atoms with Crippen LogP contribution in [0.5, 0.6) is 0 Å². The molecule has 404 valence electrons. The summed E-state index contributed by atoms with van der Waals surface area (Å²) in [6.45, 7) is 27.4. The maximum atomic E-state index is 7.23. The average Bonchev–Trinajstić information content (AvgIpc) is 2.56. The van der Waals surface area contributed by atoms with Crippen LogP contribution in [0.4, 0.5) is 34.1 Å². The molecule has 1 aromatic heterocycles. The Bertz CT molecular complexity index is 4350. The molecule has 0 atom stereocenters.